The van der Waals surface area contributed by atoms with Gasteiger partial charge >= 0.3 is 29.9 Å². The second kappa shape index (κ2) is 7.26. The van der Waals surface area contributed by atoms with Crippen molar-refractivity contribution < 1.29 is 53.0 Å². The molecule has 13 heteroatoms. The molecule has 0 aliphatic rings. The van der Waals surface area contributed by atoms with Gasteiger partial charge in [-0.2, -0.15) is 48.3 Å². The van der Waals surface area contributed by atoms with E-state index >= 15 is 0 Å². The predicted molar refractivity (Wildman–Crippen MR) is 71.7 cm³/mol. The van der Waals surface area contributed by atoms with Crippen molar-refractivity contribution in [3.63, 3.8) is 0 Å². The molecule has 0 heterocycles. The Morgan fingerprint density at radius 3 is 1.78 bits per heavy atom. The van der Waals surface area contributed by atoms with Gasteiger partial charge < -0.3 is 4.74 Å². The first-order valence-electron chi connectivity index (χ1n) is 6.78. The highest BCUT2D eigenvalue weighted by atomic mass is 35.5. The van der Waals surface area contributed by atoms with Crippen molar-refractivity contribution in [3.8, 4) is 0 Å². The standard InChI is InChI=1S/C14H10ClF11O/c1-27-9(7-3-2-4-8(15)5-7)6-10(16,17)11(18,19)12(20,21)13(22,23)14(24,25)26/h2-5,9H,6H2,1H3. The number of alkyl halides is 11. The average Bonchev–Trinajstić information content (AvgIpc) is 2.50. The van der Waals surface area contributed by atoms with Gasteiger partial charge in [0.05, 0.1) is 6.10 Å². The first-order valence-corrected chi connectivity index (χ1v) is 7.16. The Labute approximate surface area is 150 Å². The van der Waals surface area contributed by atoms with E-state index in [1.807, 2.05) is 0 Å². The van der Waals surface area contributed by atoms with Gasteiger partial charge in [0.1, 0.15) is 0 Å². The fourth-order valence-corrected chi connectivity index (χ4v) is 2.21. The summed E-state index contributed by atoms with van der Waals surface area (Å²) in [6, 6.07) is 4.36. The van der Waals surface area contributed by atoms with Crippen molar-refractivity contribution in [2.24, 2.45) is 0 Å². The molecule has 0 aliphatic heterocycles. The van der Waals surface area contributed by atoms with E-state index in [1.165, 1.54) is 6.07 Å². The highest BCUT2D eigenvalue weighted by molar-refractivity contribution is 6.30. The molecule has 0 saturated heterocycles. The fraction of sp³-hybridized carbons (Fsp3) is 0.571. The van der Waals surface area contributed by atoms with Gasteiger partial charge in [0, 0.05) is 18.6 Å². The Morgan fingerprint density at radius 1 is 0.852 bits per heavy atom. The molecule has 0 aromatic heterocycles. The largest absolute Gasteiger partial charge is 0.460 e. The van der Waals surface area contributed by atoms with Crippen LogP contribution in [0.2, 0.25) is 5.02 Å². The number of hydrogen-bond donors (Lipinski definition) is 0. The van der Waals surface area contributed by atoms with Gasteiger partial charge in [0.15, 0.2) is 0 Å². The highest BCUT2D eigenvalue weighted by Crippen LogP contribution is 2.58. The van der Waals surface area contributed by atoms with Crippen LogP contribution in [0.4, 0.5) is 48.3 Å². The molecule has 0 saturated carbocycles. The lowest BCUT2D eigenvalue weighted by Gasteiger charge is -2.38. The van der Waals surface area contributed by atoms with Crippen LogP contribution in [-0.4, -0.2) is 37.0 Å². The summed E-state index contributed by atoms with van der Waals surface area (Å²) in [5.41, 5.74) is -0.314. The maximum absolute atomic E-state index is 13.8. The van der Waals surface area contributed by atoms with E-state index in [4.69, 9.17) is 11.6 Å². The lowest BCUT2D eigenvalue weighted by atomic mass is 9.92. The molecule has 0 fully saturated rings. The molecular formula is C14H10ClF11O. The average molecular weight is 439 g/mol. The number of methoxy groups -OCH3 is 1. The molecule has 0 spiro atoms. The minimum Gasteiger partial charge on any atom is -0.377 e. The summed E-state index contributed by atoms with van der Waals surface area (Å²) in [6.45, 7) is 0. The molecule has 1 atom stereocenters. The SMILES string of the molecule is COC(CC(F)(F)C(F)(F)C(F)(F)C(F)(F)C(F)(F)F)c1cccc(Cl)c1. The molecule has 0 amide bonds. The van der Waals surface area contributed by atoms with Crippen LogP contribution in [0.5, 0.6) is 0 Å². The van der Waals surface area contributed by atoms with E-state index in [0.717, 1.165) is 18.2 Å². The third-order valence-corrected chi connectivity index (χ3v) is 3.79. The van der Waals surface area contributed by atoms with Gasteiger partial charge in [-0.25, -0.2) is 0 Å². The van der Waals surface area contributed by atoms with Crippen molar-refractivity contribution in [2.45, 2.75) is 42.4 Å². The minimum absolute atomic E-state index is 0.0847. The van der Waals surface area contributed by atoms with Crippen LogP contribution in [0.15, 0.2) is 24.3 Å². The molecule has 0 bridgehead atoms. The van der Waals surface area contributed by atoms with Gasteiger partial charge in [-0.15, -0.1) is 0 Å². The lowest BCUT2D eigenvalue weighted by Crippen LogP contribution is -2.66. The number of hydrogen-bond acceptors (Lipinski definition) is 1. The topological polar surface area (TPSA) is 9.23 Å². The Hall–Kier alpha value is -1.30. The van der Waals surface area contributed by atoms with Crippen LogP contribution in [0, 0.1) is 0 Å². The smallest absolute Gasteiger partial charge is 0.377 e. The van der Waals surface area contributed by atoms with Crippen molar-refractivity contribution in [1.29, 1.82) is 0 Å². The number of benzene rings is 1. The summed E-state index contributed by atoms with van der Waals surface area (Å²) < 4.78 is 147. The Bertz CT molecular complexity index is 657. The summed E-state index contributed by atoms with van der Waals surface area (Å²) in [7, 11) is 0.711. The molecule has 0 N–H and O–H groups in total. The van der Waals surface area contributed by atoms with Gasteiger partial charge in [0.25, 0.3) is 0 Å². The molecular weight excluding hydrogens is 429 g/mol. The zero-order chi connectivity index (χ0) is 21.5. The van der Waals surface area contributed by atoms with Gasteiger partial charge in [-0.1, -0.05) is 23.7 Å². The van der Waals surface area contributed by atoms with Crippen LogP contribution in [-0.2, 0) is 4.74 Å². The van der Waals surface area contributed by atoms with E-state index < -0.39 is 42.4 Å². The van der Waals surface area contributed by atoms with E-state index in [0.29, 0.717) is 7.11 Å². The Balaban J connectivity index is 3.30. The van der Waals surface area contributed by atoms with Crippen molar-refractivity contribution in [3.05, 3.63) is 34.9 Å². The van der Waals surface area contributed by atoms with Crippen LogP contribution in [0.25, 0.3) is 0 Å². The third kappa shape index (κ3) is 4.10. The number of rotatable bonds is 7. The number of ether oxygens (including phenoxy) is 1. The molecule has 156 valence electrons. The fourth-order valence-electron chi connectivity index (χ4n) is 2.01. The molecule has 27 heavy (non-hydrogen) atoms. The third-order valence-electron chi connectivity index (χ3n) is 3.55. The van der Waals surface area contributed by atoms with Crippen molar-refractivity contribution in [1.82, 2.24) is 0 Å². The maximum atomic E-state index is 13.8. The first kappa shape index (κ1) is 23.7. The maximum Gasteiger partial charge on any atom is 0.460 e. The van der Waals surface area contributed by atoms with Crippen LogP contribution in [0.3, 0.4) is 0 Å². The van der Waals surface area contributed by atoms with Crippen LogP contribution >= 0.6 is 11.6 Å². The molecule has 0 aliphatic carbocycles. The minimum atomic E-state index is -7.44. The van der Waals surface area contributed by atoms with E-state index in [-0.39, 0.29) is 10.6 Å². The van der Waals surface area contributed by atoms with Gasteiger partial charge in [-0.05, 0) is 17.7 Å². The van der Waals surface area contributed by atoms with Crippen molar-refractivity contribution >= 4 is 11.6 Å². The summed E-state index contributed by atoms with van der Waals surface area (Å²) in [4.78, 5) is 0. The normalized spacial score (nSPS) is 15.7. The summed E-state index contributed by atoms with van der Waals surface area (Å²) in [6.07, 6.45) is -11.6. The molecule has 1 nitrogen and oxygen atoms in total. The summed E-state index contributed by atoms with van der Waals surface area (Å²) >= 11 is 5.55. The second-order valence-electron chi connectivity index (χ2n) is 5.41. The predicted octanol–water partition coefficient (Wildman–Crippen LogP) is 6.52. The van der Waals surface area contributed by atoms with E-state index in [1.54, 1.807) is 0 Å². The molecule has 1 aromatic rings. The van der Waals surface area contributed by atoms with Crippen LogP contribution in [0.1, 0.15) is 18.1 Å². The molecule has 1 aromatic carbocycles. The summed E-state index contributed by atoms with van der Waals surface area (Å²) in [5, 5.41) is -0.0847. The zero-order valence-corrected chi connectivity index (χ0v) is 13.8. The summed E-state index contributed by atoms with van der Waals surface area (Å²) in [5.74, 6) is -27.9. The van der Waals surface area contributed by atoms with Gasteiger partial charge in [-0.3, -0.25) is 0 Å². The highest BCUT2D eigenvalue weighted by Gasteiger charge is 2.87. The Morgan fingerprint density at radius 2 is 1.37 bits per heavy atom. The quantitative estimate of drug-likeness (QED) is 0.440. The monoisotopic (exact) mass is 438 g/mol. The van der Waals surface area contributed by atoms with E-state index in [2.05, 4.69) is 4.74 Å². The first-order chi connectivity index (χ1) is 11.9. The molecule has 1 rings (SSSR count). The lowest BCUT2D eigenvalue weighted by molar-refractivity contribution is -0.423. The van der Waals surface area contributed by atoms with E-state index in [9.17, 15) is 48.3 Å². The Kier molecular flexibility index (Phi) is 6.39. The molecule has 0 radical (unpaired) electrons. The second-order valence-corrected chi connectivity index (χ2v) is 5.85. The molecule has 1 unspecified atom stereocenters. The zero-order valence-electron chi connectivity index (χ0n) is 13.0. The van der Waals surface area contributed by atoms with Crippen LogP contribution < -0.4 is 0 Å². The van der Waals surface area contributed by atoms with Crippen molar-refractivity contribution in [2.75, 3.05) is 7.11 Å². The number of halogens is 12. The van der Waals surface area contributed by atoms with Gasteiger partial charge in [0.2, 0.25) is 0 Å².